The highest BCUT2D eigenvalue weighted by Gasteiger charge is 2.34. The van der Waals surface area contributed by atoms with Crippen LogP contribution < -0.4 is 14.8 Å². The van der Waals surface area contributed by atoms with Crippen LogP contribution in [0.15, 0.2) is 47.4 Å². The summed E-state index contributed by atoms with van der Waals surface area (Å²) in [5.41, 5.74) is 1.91. The maximum absolute atomic E-state index is 12.5. The smallest absolute Gasteiger partial charge is 0.221 e. The molecule has 0 radical (unpaired) electrons. The maximum Gasteiger partial charge on any atom is 0.221 e. The largest absolute Gasteiger partial charge is 0.497 e. The monoisotopic (exact) mass is 385 g/mol. The molecule has 0 saturated heterocycles. The summed E-state index contributed by atoms with van der Waals surface area (Å²) in [5.74, 6) is 2.37. The molecular weight excluding hydrogens is 358 g/mol. The predicted molar refractivity (Wildman–Crippen MR) is 110 cm³/mol. The number of carbonyl (C=O) groups is 1. The second-order valence-electron chi connectivity index (χ2n) is 7.50. The van der Waals surface area contributed by atoms with Crippen molar-refractivity contribution in [3.8, 4) is 11.5 Å². The standard InChI is InChI=1S/C22H27NO3S/c1-15-5-8-17(9-6-15)27-12-11-21(24)23-19-14-22(2,3)26-20-13-16(25-4)7-10-18(19)20/h5-10,13,19H,11-12,14H2,1-4H3,(H,23,24). The van der Waals surface area contributed by atoms with Crippen molar-refractivity contribution in [1.82, 2.24) is 5.32 Å². The van der Waals surface area contributed by atoms with Gasteiger partial charge in [0.05, 0.1) is 13.2 Å². The van der Waals surface area contributed by atoms with Gasteiger partial charge in [-0.25, -0.2) is 0 Å². The molecule has 5 heteroatoms. The van der Waals surface area contributed by atoms with E-state index in [0.29, 0.717) is 6.42 Å². The molecule has 1 aliphatic heterocycles. The van der Waals surface area contributed by atoms with Crippen LogP contribution in [-0.4, -0.2) is 24.4 Å². The Morgan fingerprint density at radius 1 is 1.26 bits per heavy atom. The number of nitrogens with one attached hydrogen (secondary N) is 1. The summed E-state index contributed by atoms with van der Waals surface area (Å²) in [7, 11) is 1.64. The van der Waals surface area contributed by atoms with Gasteiger partial charge in [0, 0.05) is 35.1 Å². The number of fused-ring (bicyclic) bond motifs is 1. The third-order valence-electron chi connectivity index (χ3n) is 4.63. The molecule has 1 N–H and O–H groups in total. The van der Waals surface area contributed by atoms with Crippen molar-refractivity contribution < 1.29 is 14.3 Å². The quantitative estimate of drug-likeness (QED) is 0.718. The lowest BCUT2D eigenvalue weighted by molar-refractivity contribution is -0.121. The summed E-state index contributed by atoms with van der Waals surface area (Å²) in [4.78, 5) is 13.7. The Morgan fingerprint density at radius 2 is 2.00 bits per heavy atom. The molecule has 27 heavy (non-hydrogen) atoms. The van der Waals surface area contributed by atoms with Gasteiger partial charge >= 0.3 is 0 Å². The number of carbonyl (C=O) groups excluding carboxylic acids is 1. The van der Waals surface area contributed by atoms with E-state index >= 15 is 0 Å². The number of hydrogen-bond acceptors (Lipinski definition) is 4. The Hall–Kier alpha value is -2.14. The molecule has 1 amide bonds. The number of amides is 1. The van der Waals surface area contributed by atoms with Crippen LogP contribution in [0.4, 0.5) is 0 Å². The molecule has 0 aromatic heterocycles. The zero-order valence-corrected chi connectivity index (χ0v) is 17.2. The second kappa shape index (κ2) is 8.26. The Bertz CT molecular complexity index is 802. The molecule has 1 aliphatic rings. The van der Waals surface area contributed by atoms with E-state index < -0.39 is 0 Å². The normalized spacial score (nSPS) is 17.6. The van der Waals surface area contributed by atoms with Crippen LogP contribution in [0.25, 0.3) is 0 Å². The summed E-state index contributed by atoms with van der Waals surface area (Å²) in [6.07, 6.45) is 1.23. The first-order valence-electron chi connectivity index (χ1n) is 9.22. The summed E-state index contributed by atoms with van der Waals surface area (Å²) in [5, 5.41) is 3.19. The average molecular weight is 386 g/mol. The van der Waals surface area contributed by atoms with E-state index in [9.17, 15) is 4.79 Å². The fraction of sp³-hybridized carbons (Fsp3) is 0.409. The van der Waals surface area contributed by atoms with Crippen molar-refractivity contribution >= 4 is 17.7 Å². The Labute approximate surface area is 165 Å². The molecule has 4 nitrogen and oxygen atoms in total. The SMILES string of the molecule is COc1ccc2c(c1)OC(C)(C)CC2NC(=O)CCSc1ccc(C)cc1. The summed E-state index contributed by atoms with van der Waals surface area (Å²) < 4.78 is 11.4. The zero-order valence-electron chi connectivity index (χ0n) is 16.4. The molecule has 1 unspecified atom stereocenters. The lowest BCUT2D eigenvalue weighted by Crippen LogP contribution is -2.41. The van der Waals surface area contributed by atoms with Gasteiger partial charge in [-0.3, -0.25) is 4.79 Å². The molecule has 0 fully saturated rings. The number of benzene rings is 2. The van der Waals surface area contributed by atoms with E-state index in [4.69, 9.17) is 9.47 Å². The van der Waals surface area contributed by atoms with Crippen LogP contribution >= 0.6 is 11.8 Å². The first-order chi connectivity index (χ1) is 12.9. The molecule has 2 aromatic rings. The molecule has 1 heterocycles. The van der Waals surface area contributed by atoms with Crippen molar-refractivity contribution in [3.63, 3.8) is 0 Å². The van der Waals surface area contributed by atoms with Gasteiger partial charge in [-0.1, -0.05) is 17.7 Å². The molecular formula is C22H27NO3S. The summed E-state index contributed by atoms with van der Waals surface area (Å²) >= 11 is 1.71. The minimum absolute atomic E-state index is 0.0495. The number of ether oxygens (including phenoxy) is 2. The molecule has 2 aromatic carbocycles. The molecule has 3 rings (SSSR count). The first-order valence-corrected chi connectivity index (χ1v) is 10.2. The van der Waals surface area contributed by atoms with Crippen molar-refractivity contribution in [2.45, 2.75) is 50.2 Å². The number of methoxy groups -OCH3 is 1. The van der Waals surface area contributed by atoms with E-state index in [1.165, 1.54) is 10.5 Å². The summed E-state index contributed by atoms with van der Waals surface area (Å²) in [6.45, 7) is 6.16. The molecule has 0 saturated carbocycles. The zero-order chi connectivity index (χ0) is 19.4. The van der Waals surface area contributed by atoms with E-state index in [0.717, 1.165) is 29.2 Å². The highest BCUT2D eigenvalue weighted by atomic mass is 32.2. The predicted octanol–water partition coefficient (Wildman–Crippen LogP) is 4.90. The van der Waals surface area contributed by atoms with Gasteiger partial charge in [0.2, 0.25) is 5.91 Å². The number of rotatable bonds is 6. The van der Waals surface area contributed by atoms with E-state index in [-0.39, 0.29) is 17.6 Å². The van der Waals surface area contributed by atoms with Crippen LogP contribution in [0.2, 0.25) is 0 Å². The molecule has 1 atom stereocenters. The van der Waals surface area contributed by atoms with Gasteiger partial charge in [0.1, 0.15) is 17.1 Å². The Kier molecular flexibility index (Phi) is 6.00. The minimum Gasteiger partial charge on any atom is -0.497 e. The van der Waals surface area contributed by atoms with Crippen LogP contribution in [0.5, 0.6) is 11.5 Å². The van der Waals surface area contributed by atoms with Gasteiger partial charge in [-0.05, 0) is 45.0 Å². The van der Waals surface area contributed by atoms with Crippen LogP contribution in [-0.2, 0) is 4.79 Å². The fourth-order valence-electron chi connectivity index (χ4n) is 3.25. The third kappa shape index (κ3) is 5.19. The minimum atomic E-state index is -0.339. The van der Waals surface area contributed by atoms with Crippen molar-refractivity contribution in [2.24, 2.45) is 0 Å². The molecule has 0 aliphatic carbocycles. The third-order valence-corrected chi connectivity index (χ3v) is 5.65. The highest BCUT2D eigenvalue weighted by Crippen LogP contribution is 2.41. The van der Waals surface area contributed by atoms with Gasteiger partial charge in [-0.2, -0.15) is 0 Å². The van der Waals surface area contributed by atoms with Crippen LogP contribution in [0, 0.1) is 6.92 Å². The van der Waals surface area contributed by atoms with Crippen molar-refractivity contribution in [3.05, 3.63) is 53.6 Å². The lowest BCUT2D eigenvalue weighted by Gasteiger charge is -2.38. The summed E-state index contributed by atoms with van der Waals surface area (Å²) in [6, 6.07) is 14.1. The van der Waals surface area contributed by atoms with Gasteiger partial charge < -0.3 is 14.8 Å². The Balaban J connectivity index is 1.60. The lowest BCUT2D eigenvalue weighted by atomic mass is 9.89. The fourth-order valence-corrected chi connectivity index (χ4v) is 4.10. The Morgan fingerprint density at radius 3 is 2.70 bits per heavy atom. The van der Waals surface area contributed by atoms with Crippen molar-refractivity contribution in [2.75, 3.05) is 12.9 Å². The molecule has 0 bridgehead atoms. The maximum atomic E-state index is 12.5. The number of thioether (sulfide) groups is 1. The van der Waals surface area contributed by atoms with E-state index in [1.54, 1.807) is 18.9 Å². The number of aryl methyl sites for hydroxylation is 1. The second-order valence-corrected chi connectivity index (χ2v) is 8.67. The van der Waals surface area contributed by atoms with Crippen molar-refractivity contribution in [1.29, 1.82) is 0 Å². The van der Waals surface area contributed by atoms with Gasteiger partial charge in [0.25, 0.3) is 0 Å². The van der Waals surface area contributed by atoms with E-state index in [1.807, 2.05) is 32.0 Å². The molecule has 0 spiro atoms. The van der Waals surface area contributed by atoms with Gasteiger partial charge in [-0.15, -0.1) is 11.8 Å². The van der Waals surface area contributed by atoms with Gasteiger partial charge in [0.15, 0.2) is 0 Å². The highest BCUT2D eigenvalue weighted by molar-refractivity contribution is 7.99. The van der Waals surface area contributed by atoms with Crippen LogP contribution in [0.1, 0.15) is 43.9 Å². The topological polar surface area (TPSA) is 47.6 Å². The first kappa shape index (κ1) is 19.6. The molecule has 144 valence electrons. The van der Waals surface area contributed by atoms with E-state index in [2.05, 4.69) is 36.5 Å². The average Bonchev–Trinajstić information content (AvgIpc) is 2.62. The number of hydrogen-bond donors (Lipinski definition) is 1. The van der Waals surface area contributed by atoms with Crippen LogP contribution in [0.3, 0.4) is 0 Å².